The van der Waals surface area contributed by atoms with E-state index in [1.165, 1.54) is 12.8 Å². The number of carbonyl (C=O) groups is 1. The molecule has 1 aromatic rings. The number of amides is 1. The maximum Gasteiger partial charge on any atom is 0.254 e. The van der Waals surface area contributed by atoms with Gasteiger partial charge in [-0.15, -0.1) is 0 Å². The molecule has 100 valence electrons. The molecule has 0 saturated carbocycles. The van der Waals surface area contributed by atoms with Gasteiger partial charge in [0.25, 0.3) is 5.91 Å². The lowest BCUT2D eigenvalue weighted by molar-refractivity contribution is 0.0950. The Bertz CT molecular complexity index is 407. The van der Waals surface area contributed by atoms with E-state index in [-0.39, 0.29) is 5.91 Å². The van der Waals surface area contributed by atoms with Gasteiger partial charge in [-0.25, -0.2) is 0 Å². The van der Waals surface area contributed by atoms with Crippen LogP contribution in [0.2, 0.25) is 0 Å². The number of aryl methyl sites for hydroxylation is 1. The SMILES string of the molecule is Cc1c(C(=O)NCCC2CCNCC2)cnn1C. The van der Waals surface area contributed by atoms with Crippen molar-refractivity contribution in [2.75, 3.05) is 19.6 Å². The number of rotatable bonds is 4. The highest BCUT2D eigenvalue weighted by molar-refractivity contribution is 5.94. The Hall–Kier alpha value is -1.36. The van der Waals surface area contributed by atoms with Crippen LogP contribution in [0, 0.1) is 12.8 Å². The third kappa shape index (κ3) is 3.10. The Balaban J connectivity index is 1.76. The Morgan fingerprint density at radius 2 is 2.28 bits per heavy atom. The minimum atomic E-state index is -0.00506. The molecule has 1 amide bonds. The number of piperidine rings is 1. The summed E-state index contributed by atoms with van der Waals surface area (Å²) in [6.45, 7) is 4.90. The predicted molar refractivity (Wildman–Crippen MR) is 70.5 cm³/mol. The van der Waals surface area contributed by atoms with Gasteiger partial charge < -0.3 is 10.6 Å². The van der Waals surface area contributed by atoms with Crippen molar-refractivity contribution in [1.29, 1.82) is 0 Å². The van der Waals surface area contributed by atoms with Gasteiger partial charge in [-0.1, -0.05) is 0 Å². The molecule has 2 heterocycles. The van der Waals surface area contributed by atoms with E-state index >= 15 is 0 Å². The van der Waals surface area contributed by atoms with Crippen LogP contribution in [-0.2, 0) is 7.05 Å². The fraction of sp³-hybridized carbons (Fsp3) is 0.692. The maximum absolute atomic E-state index is 11.9. The average molecular weight is 250 g/mol. The van der Waals surface area contributed by atoms with E-state index < -0.39 is 0 Å². The molecule has 0 unspecified atom stereocenters. The van der Waals surface area contributed by atoms with Gasteiger partial charge in [0.05, 0.1) is 11.8 Å². The number of hydrogen-bond donors (Lipinski definition) is 2. The van der Waals surface area contributed by atoms with E-state index in [1.54, 1.807) is 10.9 Å². The molecule has 0 aliphatic carbocycles. The maximum atomic E-state index is 11.9. The molecule has 1 saturated heterocycles. The quantitative estimate of drug-likeness (QED) is 0.833. The molecule has 1 aliphatic rings. The van der Waals surface area contributed by atoms with Gasteiger partial charge in [0, 0.05) is 19.3 Å². The van der Waals surface area contributed by atoms with E-state index in [2.05, 4.69) is 15.7 Å². The summed E-state index contributed by atoms with van der Waals surface area (Å²) in [7, 11) is 1.85. The van der Waals surface area contributed by atoms with Crippen molar-refractivity contribution in [1.82, 2.24) is 20.4 Å². The number of hydrogen-bond acceptors (Lipinski definition) is 3. The molecule has 18 heavy (non-hydrogen) atoms. The molecule has 0 atom stereocenters. The first-order valence-electron chi connectivity index (χ1n) is 6.66. The van der Waals surface area contributed by atoms with Crippen molar-refractivity contribution < 1.29 is 4.79 Å². The number of carbonyl (C=O) groups excluding carboxylic acids is 1. The highest BCUT2D eigenvalue weighted by Gasteiger charge is 2.15. The molecule has 1 fully saturated rings. The summed E-state index contributed by atoms with van der Waals surface area (Å²) in [5.41, 5.74) is 1.59. The molecule has 2 rings (SSSR count). The van der Waals surface area contributed by atoms with Crippen molar-refractivity contribution in [3.63, 3.8) is 0 Å². The Kier molecular flexibility index (Phi) is 4.36. The van der Waals surface area contributed by atoms with Crippen molar-refractivity contribution >= 4 is 5.91 Å². The molecule has 0 aromatic carbocycles. The molecule has 5 nitrogen and oxygen atoms in total. The second-order valence-electron chi connectivity index (χ2n) is 5.01. The third-order valence-corrected chi connectivity index (χ3v) is 3.78. The van der Waals surface area contributed by atoms with E-state index in [0.29, 0.717) is 5.56 Å². The summed E-state index contributed by atoms with van der Waals surface area (Å²) in [5, 5.41) is 10.4. The van der Waals surface area contributed by atoms with Crippen molar-refractivity contribution in [3.8, 4) is 0 Å². The van der Waals surface area contributed by atoms with Gasteiger partial charge in [-0.05, 0) is 45.2 Å². The number of nitrogens with one attached hydrogen (secondary N) is 2. The summed E-state index contributed by atoms with van der Waals surface area (Å²) in [5.74, 6) is 0.746. The van der Waals surface area contributed by atoms with Gasteiger partial charge in [0.1, 0.15) is 0 Å². The van der Waals surface area contributed by atoms with Crippen LogP contribution >= 0.6 is 0 Å². The monoisotopic (exact) mass is 250 g/mol. The van der Waals surface area contributed by atoms with Crippen LogP contribution in [0.4, 0.5) is 0 Å². The summed E-state index contributed by atoms with van der Waals surface area (Å²) in [4.78, 5) is 11.9. The first kappa shape index (κ1) is 13.1. The normalized spacial score (nSPS) is 16.8. The zero-order valence-electron chi connectivity index (χ0n) is 11.2. The summed E-state index contributed by atoms with van der Waals surface area (Å²) in [6.07, 6.45) is 5.16. The van der Waals surface area contributed by atoms with Crippen LogP contribution in [0.5, 0.6) is 0 Å². The number of nitrogens with zero attached hydrogens (tertiary/aromatic N) is 2. The van der Waals surface area contributed by atoms with Crippen molar-refractivity contribution in [2.45, 2.75) is 26.2 Å². The average Bonchev–Trinajstić information content (AvgIpc) is 2.71. The van der Waals surface area contributed by atoms with Gasteiger partial charge in [-0.2, -0.15) is 5.10 Å². The molecule has 0 bridgehead atoms. The van der Waals surface area contributed by atoms with E-state index in [0.717, 1.165) is 37.7 Å². The highest BCUT2D eigenvalue weighted by Crippen LogP contribution is 2.15. The Labute approximate surface area is 108 Å². The molecule has 0 radical (unpaired) electrons. The lowest BCUT2D eigenvalue weighted by Crippen LogP contribution is -2.31. The minimum Gasteiger partial charge on any atom is -0.352 e. The largest absolute Gasteiger partial charge is 0.352 e. The second-order valence-corrected chi connectivity index (χ2v) is 5.01. The van der Waals surface area contributed by atoms with Gasteiger partial charge in [0.2, 0.25) is 0 Å². The summed E-state index contributed by atoms with van der Waals surface area (Å²) in [6, 6.07) is 0. The predicted octanol–water partition coefficient (Wildman–Crippen LogP) is 0.848. The smallest absolute Gasteiger partial charge is 0.254 e. The van der Waals surface area contributed by atoms with Crippen LogP contribution in [0.25, 0.3) is 0 Å². The molecular formula is C13H22N4O. The summed E-state index contributed by atoms with van der Waals surface area (Å²) < 4.78 is 1.72. The minimum absolute atomic E-state index is 0.00506. The fourth-order valence-electron chi connectivity index (χ4n) is 2.38. The molecule has 0 spiro atoms. The van der Waals surface area contributed by atoms with Gasteiger partial charge in [0.15, 0.2) is 0 Å². The molecule has 5 heteroatoms. The van der Waals surface area contributed by atoms with Gasteiger partial charge >= 0.3 is 0 Å². The van der Waals surface area contributed by atoms with Crippen LogP contribution in [0.3, 0.4) is 0 Å². The van der Waals surface area contributed by atoms with Crippen molar-refractivity contribution in [3.05, 3.63) is 17.5 Å². The van der Waals surface area contributed by atoms with Crippen molar-refractivity contribution in [2.24, 2.45) is 13.0 Å². The lowest BCUT2D eigenvalue weighted by atomic mass is 9.95. The Morgan fingerprint density at radius 1 is 1.56 bits per heavy atom. The lowest BCUT2D eigenvalue weighted by Gasteiger charge is -2.22. The highest BCUT2D eigenvalue weighted by atomic mass is 16.1. The van der Waals surface area contributed by atoms with Crippen LogP contribution < -0.4 is 10.6 Å². The first-order valence-corrected chi connectivity index (χ1v) is 6.66. The molecule has 2 N–H and O–H groups in total. The van der Waals surface area contributed by atoms with E-state index in [1.807, 2.05) is 14.0 Å². The van der Waals surface area contributed by atoms with E-state index in [4.69, 9.17) is 0 Å². The molecule has 1 aromatic heterocycles. The zero-order valence-corrected chi connectivity index (χ0v) is 11.2. The Morgan fingerprint density at radius 3 is 2.89 bits per heavy atom. The summed E-state index contributed by atoms with van der Waals surface area (Å²) >= 11 is 0. The first-order chi connectivity index (χ1) is 8.68. The third-order valence-electron chi connectivity index (χ3n) is 3.78. The standard InChI is InChI=1S/C13H22N4O/c1-10-12(9-16-17(10)2)13(18)15-8-5-11-3-6-14-7-4-11/h9,11,14H,3-8H2,1-2H3,(H,15,18). The zero-order chi connectivity index (χ0) is 13.0. The van der Waals surface area contributed by atoms with Gasteiger partial charge in [-0.3, -0.25) is 9.48 Å². The molecule has 1 aliphatic heterocycles. The second kappa shape index (κ2) is 6.00. The van der Waals surface area contributed by atoms with Crippen LogP contribution in [0.1, 0.15) is 35.3 Å². The fourth-order valence-corrected chi connectivity index (χ4v) is 2.38. The van der Waals surface area contributed by atoms with Crippen LogP contribution in [-0.4, -0.2) is 35.3 Å². The molecular weight excluding hydrogens is 228 g/mol. The van der Waals surface area contributed by atoms with E-state index in [9.17, 15) is 4.79 Å². The topological polar surface area (TPSA) is 59.0 Å². The number of aromatic nitrogens is 2. The van der Waals surface area contributed by atoms with Crippen LogP contribution in [0.15, 0.2) is 6.20 Å².